The van der Waals surface area contributed by atoms with Crippen LogP contribution in [0.5, 0.6) is 0 Å². The lowest BCUT2D eigenvalue weighted by molar-refractivity contribution is -0.136. The van der Waals surface area contributed by atoms with Crippen LogP contribution in [0.4, 0.5) is 10.1 Å². The van der Waals surface area contributed by atoms with Gasteiger partial charge >= 0.3 is 11.8 Å². The van der Waals surface area contributed by atoms with Crippen molar-refractivity contribution in [1.82, 2.24) is 5.32 Å². The molecule has 0 unspecified atom stereocenters. The summed E-state index contributed by atoms with van der Waals surface area (Å²) in [6, 6.07) is 3.60. The number of halogens is 2. The van der Waals surface area contributed by atoms with Gasteiger partial charge in [-0.2, -0.15) is 0 Å². The normalized spacial score (nSPS) is 11.8. The van der Waals surface area contributed by atoms with E-state index in [0.717, 1.165) is 12.5 Å². The van der Waals surface area contributed by atoms with E-state index >= 15 is 0 Å². The zero-order valence-corrected chi connectivity index (χ0v) is 10.8. The molecule has 18 heavy (non-hydrogen) atoms. The van der Waals surface area contributed by atoms with Gasteiger partial charge in [0.1, 0.15) is 5.82 Å². The van der Waals surface area contributed by atoms with Crippen LogP contribution >= 0.6 is 11.6 Å². The van der Waals surface area contributed by atoms with E-state index in [1.807, 2.05) is 6.92 Å². The highest BCUT2D eigenvalue weighted by Gasteiger charge is 2.15. The lowest BCUT2D eigenvalue weighted by Crippen LogP contribution is -2.40. The number of carbonyl (C=O) groups is 2. The van der Waals surface area contributed by atoms with E-state index in [4.69, 9.17) is 11.6 Å². The van der Waals surface area contributed by atoms with Crippen molar-refractivity contribution in [3.8, 4) is 0 Å². The Labute approximate surface area is 110 Å². The van der Waals surface area contributed by atoms with E-state index in [1.165, 1.54) is 12.1 Å². The largest absolute Gasteiger partial charge is 0.345 e. The Hall–Kier alpha value is -1.62. The first-order chi connectivity index (χ1) is 8.43. The zero-order chi connectivity index (χ0) is 13.7. The fourth-order valence-electron chi connectivity index (χ4n) is 1.15. The number of rotatable bonds is 3. The van der Waals surface area contributed by atoms with Crippen molar-refractivity contribution < 1.29 is 14.0 Å². The average molecular weight is 273 g/mol. The molecule has 0 aliphatic carbocycles. The molecule has 0 aliphatic heterocycles. The molecule has 0 radical (unpaired) electrons. The summed E-state index contributed by atoms with van der Waals surface area (Å²) in [5.74, 6) is -2.12. The van der Waals surface area contributed by atoms with Crippen LogP contribution < -0.4 is 10.6 Å². The molecule has 4 nitrogen and oxygen atoms in total. The number of nitrogens with one attached hydrogen (secondary N) is 2. The van der Waals surface area contributed by atoms with E-state index in [-0.39, 0.29) is 16.8 Å². The van der Waals surface area contributed by atoms with Gasteiger partial charge in [0.2, 0.25) is 0 Å². The van der Waals surface area contributed by atoms with Crippen molar-refractivity contribution in [3.63, 3.8) is 0 Å². The van der Waals surface area contributed by atoms with Crippen molar-refractivity contribution in [2.24, 2.45) is 0 Å². The van der Waals surface area contributed by atoms with Gasteiger partial charge in [0.05, 0.1) is 5.02 Å². The molecule has 1 rings (SSSR count). The molecule has 1 aromatic carbocycles. The standard InChI is InChI=1S/C12H14ClFN2O2/c1-3-7(2)15-11(17)12(18)16-8-4-5-10(14)9(13)6-8/h4-7H,3H2,1-2H3,(H,15,17)(H,16,18)/t7-/m1/s1. The Balaban J connectivity index is 2.64. The van der Waals surface area contributed by atoms with E-state index in [0.29, 0.717) is 0 Å². The van der Waals surface area contributed by atoms with E-state index in [2.05, 4.69) is 10.6 Å². The molecule has 2 amide bonds. The van der Waals surface area contributed by atoms with Gasteiger partial charge in [0.25, 0.3) is 0 Å². The van der Waals surface area contributed by atoms with Crippen LogP contribution in [0.2, 0.25) is 5.02 Å². The van der Waals surface area contributed by atoms with E-state index in [1.54, 1.807) is 6.92 Å². The van der Waals surface area contributed by atoms with Crippen LogP contribution in [0.15, 0.2) is 18.2 Å². The third-order valence-electron chi connectivity index (χ3n) is 2.37. The topological polar surface area (TPSA) is 58.2 Å². The number of hydrogen-bond donors (Lipinski definition) is 2. The van der Waals surface area contributed by atoms with Gasteiger partial charge in [-0.15, -0.1) is 0 Å². The molecule has 1 aromatic rings. The van der Waals surface area contributed by atoms with Gasteiger partial charge in [-0.1, -0.05) is 18.5 Å². The van der Waals surface area contributed by atoms with Gasteiger partial charge in [-0.05, 0) is 31.5 Å². The number of hydrogen-bond acceptors (Lipinski definition) is 2. The Morgan fingerprint density at radius 3 is 2.61 bits per heavy atom. The van der Waals surface area contributed by atoms with Gasteiger partial charge in [-0.3, -0.25) is 9.59 Å². The van der Waals surface area contributed by atoms with Gasteiger partial charge in [0.15, 0.2) is 0 Å². The van der Waals surface area contributed by atoms with Crippen LogP contribution in [-0.2, 0) is 9.59 Å². The third-order valence-corrected chi connectivity index (χ3v) is 2.66. The van der Waals surface area contributed by atoms with Crippen LogP contribution in [-0.4, -0.2) is 17.9 Å². The SMILES string of the molecule is CC[C@@H](C)NC(=O)C(=O)Nc1ccc(F)c(Cl)c1. The van der Waals surface area contributed by atoms with Crippen molar-refractivity contribution in [2.75, 3.05) is 5.32 Å². The second kappa shape index (κ2) is 6.35. The quantitative estimate of drug-likeness (QED) is 0.830. The fraction of sp³-hybridized carbons (Fsp3) is 0.333. The molecule has 0 aromatic heterocycles. The highest BCUT2D eigenvalue weighted by molar-refractivity contribution is 6.40. The summed E-state index contributed by atoms with van der Waals surface area (Å²) in [7, 11) is 0. The van der Waals surface area contributed by atoms with Crippen molar-refractivity contribution >= 4 is 29.1 Å². The summed E-state index contributed by atoms with van der Waals surface area (Å²) >= 11 is 5.56. The lowest BCUT2D eigenvalue weighted by Gasteiger charge is -2.11. The lowest BCUT2D eigenvalue weighted by atomic mass is 10.2. The predicted octanol–water partition coefficient (Wildman–Crippen LogP) is 2.33. The zero-order valence-electron chi connectivity index (χ0n) is 10.1. The van der Waals surface area contributed by atoms with Crippen LogP contribution in [0, 0.1) is 5.82 Å². The van der Waals surface area contributed by atoms with E-state index < -0.39 is 17.6 Å². The van der Waals surface area contributed by atoms with Crippen molar-refractivity contribution in [3.05, 3.63) is 29.0 Å². The molecule has 0 saturated heterocycles. The Morgan fingerprint density at radius 2 is 2.06 bits per heavy atom. The van der Waals surface area contributed by atoms with Crippen molar-refractivity contribution in [2.45, 2.75) is 26.3 Å². The van der Waals surface area contributed by atoms with Gasteiger partial charge < -0.3 is 10.6 Å². The first-order valence-electron chi connectivity index (χ1n) is 5.51. The van der Waals surface area contributed by atoms with Gasteiger partial charge in [0, 0.05) is 11.7 Å². The molecular weight excluding hydrogens is 259 g/mol. The highest BCUT2D eigenvalue weighted by atomic mass is 35.5. The summed E-state index contributed by atoms with van der Waals surface area (Å²) in [5, 5.41) is 4.74. The minimum absolute atomic E-state index is 0.0833. The molecule has 2 N–H and O–H groups in total. The van der Waals surface area contributed by atoms with E-state index in [9.17, 15) is 14.0 Å². The van der Waals surface area contributed by atoms with Crippen LogP contribution in [0.1, 0.15) is 20.3 Å². The maximum atomic E-state index is 12.9. The summed E-state index contributed by atoms with van der Waals surface area (Å²) in [6.07, 6.45) is 0.724. The molecule has 0 heterocycles. The first kappa shape index (κ1) is 14.4. The molecule has 1 atom stereocenters. The number of anilines is 1. The van der Waals surface area contributed by atoms with Crippen molar-refractivity contribution in [1.29, 1.82) is 0 Å². The maximum Gasteiger partial charge on any atom is 0.313 e. The second-order valence-corrected chi connectivity index (χ2v) is 4.27. The number of carbonyl (C=O) groups excluding carboxylic acids is 2. The molecule has 0 fully saturated rings. The molecule has 98 valence electrons. The first-order valence-corrected chi connectivity index (χ1v) is 5.88. The number of benzene rings is 1. The number of amides is 2. The molecular formula is C12H14ClFN2O2. The average Bonchev–Trinajstić information content (AvgIpc) is 2.33. The Morgan fingerprint density at radius 1 is 1.39 bits per heavy atom. The molecule has 0 aliphatic rings. The summed E-state index contributed by atoms with van der Waals surface area (Å²) in [6.45, 7) is 3.68. The Bertz CT molecular complexity index is 465. The minimum atomic E-state index is -0.807. The van der Waals surface area contributed by atoms with Crippen LogP contribution in [0.3, 0.4) is 0 Å². The molecule has 0 saturated carbocycles. The summed E-state index contributed by atoms with van der Waals surface area (Å²) < 4.78 is 12.9. The highest BCUT2D eigenvalue weighted by Crippen LogP contribution is 2.19. The predicted molar refractivity (Wildman–Crippen MR) is 67.9 cm³/mol. The molecule has 0 spiro atoms. The fourth-order valence-corrected chi connectivity index (χ4v) is 1.33. The van der Waals surface area contributed by atoms with Gasteiger partial charge in [-0.25, -0.2) is 4.39 Å². The minimum Gasteiger partial charge on any atom is -0.345 e. The third kappa shape index (κ3) is 4.00. The monoisotopic (exact) mass is 272 g/mol. The smallest absolute Gasteiger partial charge is 0.313 e. The maximum absolute atomic E-state index is 12.9. The van der Waals surface area contributed by atoms with Crippen LogP contribution in [0.25, 0.3) is 0 Å². The second-order valence-electron chi connectivity index (χ2n) is 3.87. The summed E-state index contributed by atoms with van der Waals surface area (Å²) in [4.78, 5) is 22.9. The molecule has 6 heteroatoms. The Kier molecular flexibility index (Phi) is 5.09. The summed E-state index contributed by atoms with van der Waals surface area (Å²) in [5.41, 5.74) is 0.269. The molecule has 0 bridgehead atoms.